The zero-order valence-corrected chi connectivity index (χ0v) is 22.5. The molecular formula is C29H28N4O5S. The van der Waals surface area contributed by atoms with Crippen molar-refractivity contribution in [3.63, 3.8) is 0 Å². The Morgan fingerprint density at radius 2 is 1.56 bits per heavy atom. The first-order chi connectivity index (χ1) is 18.7. The number of barbiturate groups is 1. The number of nitro groups is 1. The third kappa shape index (κ3) is 5.37. The molecule has 1 aliphatic heterocycles. The van der Waals surface area contributed by atoms with Crippen molar-refractivity contribution in [2.45, 2.75) is 61.8 Å². The quantitative estimate of drug-likeness (QED) is 0.178. The summed E-state index contributed by atoms with van der Waals surface area (Å²) >= 11 is 1.51. The SMILES string of the molecule is Cc1cc(C=C2C(=O)NC(=O)N(C3CCCCC3)C2=O)c(C)n1-c1ccc(Sc2ccc([N+](=O)[O-])cc2)cc1. The van der Waals surface area contributed by atoms with Crippen LogP contribution in [-0.4, -0.2) is 38.3 Å². The van der Waals surface area contributed by atoms with Crippen LogP contribution in [0.2, 0.25) is 0 Å². The Hall–Kier alpha value is -4.18. The van der Waals surface area contributed by atoms with Gasteiger partial charge in [0.1, 0.15) is 5.57 Å². The number of amides is 4. The van der Waals surface area contributed by atoms with Crippen LogP contribution in [0.15, 0.2) is 70.0 Å². The molecule has 10 heteroatoms. The fourth-order valence-corrected chi connectivity index (χ4v) is 6.08. The fourth-order valence-electron chi connectivity index (χ4n) is 5.26. The van der Waals surface area contributed by atoms with Gasteiger partial charge in [-0.1, -0.05) is 31.0 Å². The van der Waals surface area contributed by atoms with Gasteiger partial charge in [-0.3, -0.25) is 29.9 Å². The second-order valence-electron chi connectivity index (χ2n) is 9.79. The van der Waals surface area contributed by atoms with Crippen molar-refractivity contribution in [2.75, 3.05) is 0 Å². The molecule has 2 fully saturated rings. The van der Waals surface area contributed by atoms with Crippen LogP contribution in [0.25, 0.3) is 11.8 Å². The summed E-state index contributed by atoms with van der Waals surface area (Å²) in [5, 5.41) is 13.2. The number of nitrogens with one attached hydrogen (secondary N) is 1. The van der Waals surface area contributed by atoms with E-state index in [0.29, 0.717) is 0 Å². The first-order valence-corrected chi connectivity index (χ1v) is 13.7. The van der Waals surface area contributed by atoms with Crippen LogP contribution in [0, 0.1) is 24.0 Å². The van der Waals surface area contributed by atoms with E-state index in [1.54, 1.807) is 18.2 Å². The number of hydrogen-bond donors (Lipinski definition) is 1. The highest BCUT2D eigenvalue weighted by molar-refractivity contribution is 7.99. The number of benzene rings is 2. The summed E-state index contributed by atoms with van der Waals surface area (Å²) in [7, 11) is 0. The predicted molar refractivity (Wildman–Crippen MR) is 148 cm³/mol. The maximum atomic E-state index is 13.3. The van der Waals surface area contributed by atoms with Gasteiger partial charge in [0.25, 0.3) is 17.5 Å². The average molecular weight is 545 g/mol. The number of aryl methyl sites for hydroxylation is 1. The Morgan fingerprint density at radius 1 is 0.949 bits per heavy atom. The highest BCUT2D eigenvalue weighted by Gasteiger charge is 2.40. The monoisotopic (exact) mass is 544 g/mol. The van der Waals surface area contributed by atoms with Gasteiger partial charge >= 0.3 is 6.03 Å². The number of hydrogen-bond acceptors (Lipinski definition) is 6. The molecule has 3 aromatic rings. The van der Waals surface area contributed by atoms with E-state index in [2.05, 4.69) is 5.32 Å². The van der Waals surface area contributed by atoms with E-state index in [9.17, 15) is 24.5 Å². The minimum atomic E-state index is -0.672. The molecular weight excluding hydrogens is 516 g/mol. The predicted octanol–water partition coefficient (Wildman–Crippen LogP) is 5.95. The van der Waals surface area contributed by atoms with E-state index >= 15 is 0 Å². The zero-order valence-electron chi connectivity index (χ0n) is 21.7. The Morgan fingerprint density at radius 3 is 2.18 bits per heavy atom. The van der Waals surface area contributed by atoms with Gasteiger partial charge in [0, 0.05) is 45.0 Å². The zero-order chi connectivity index (χ0) is 27.7. The number of nitro benzene ring substituents is 1. The van der Waals surface area contributed by atoms with Crippen molar-refractivity contribution < 1.29 is 19.3 Å². The lowest BCUT2D eigenvalue weighted by Gasteiger charge is -2.35. The Kier molecular flexibility index (Phi) is 7.38. The maximum Gasteiger partial charge on any atom is 0.331 e. The van der Waals surface area contributed by atoms with Crippen LogP contribution in [0.3, 0.4) is 0 Å². The Bertz CT molecular complexity index is 1490. The van der Waals surface area contributed by atoms with Crippen LogP contribution >= 0.6 is 11.8 Å². The summed E-state index contributed by atoms with van der Waals surface area (Å²) in [6, 6.07) is 15.4. The van der Waals surface area contributed by atoms with Crippen LogP contribution in [-0.2, 0) is 9.59 Å². The van der Waals surface area contributed by atoms with Crippen molar-refractivity contribution in [1.82, 2.24) is 14.8 Å². The number of aromatic nitrogens is 1. The number of carbonyl (C=O) groups excluding carboxylic acids is 3. The molecule has 0 bridgehead atoms. The summed E-state index contributed by atoms with van der Waals surface area (Å²) in [5.74, 6) is -1.21. The van der Waals surface area contributed by atoms with Gasteiger partial charge in [-0.25, -0.2) is 4.79 Å². The molecule has 0 spiro atoms. The lowest BCUT2D eigenvalue weighted by atomic mass is 9.93. The molecule has 5 rings (SSSR count). The highest BCUT2D eigenvalue weighted by Crippen LogP contribution is 2.31. The molecule has 1 aromatic heterocycles. The summed E-state index contributed by atoms with van der Waals surface area (Å²) in [4.78, 5) is 52.1. The number of imide groups is 2. The molecule has 1 saturated carbocycles. The van der Waals surface area contributed by atoms with Gasteiger partial charge in [0.05, 0.1) is 4.92 Å². The maximum absolute atomic E-state index is 13.3. The molecule has 1 saturated heterocycles. The molecule has 2 aromatic carbocycles. The van der Waals surface area contributed by atoms with Gasteiger partial charge in [0.2, 0.25) is 0 Å². The summed E-state index contributed by atoms with van der Waals surface area (Å²) in [6.07, 6.45) is 6.10. The standard InChI is InChI=1S/C29H28N4O5S/c1-18-16-20(17-26-27(34)30-29(36)32(28(26)35)21-6-4-3-5-7-21)19(2)31(18)22-8-12-24(13-9-22)39-25-14-10-23(11-15-25)33(37)38/h8-17,21H,3-7H2,1-2H3,(H,30,34,36). The third-order valence-electron chi connectivity index (χ3n) is 7.22. The van der Waals surface area contributed by atoms with E-state index in [1.807, 2.05) is 48.7 Å². The Balaban J connectivity index is 1.38. The molecule has 0 atom stereocenters. The van der Waals surface area contributed by atoms with Crippen molar-refractivity contribution in [1.29, 1.82) is 0 Å². The molecule has 200 valence electrons. The first kappa shape index (κ1) is 26.4. The van der Waals surface area contributed by atoms with Gasteiger partial charge in [-0.2, -0.15) is 0 Å². The van der Waals surface area contributed by atoms with Gasteiger partial charge in [-0.15, -0.1) is 0 Å². The molecule has 0 radical (unpaired) electrons. The van der Waals surface area contributed by atoms with E-state index in [1.165, 1.54) is 28.8 Å². The van der Waals surface area contributed by atoms with E-state index in [4.69, 9.17) is 0 Å². The fraction of sp³-hybridized carbons (Fsp3) is 0.276. The molecule has 1 aliphatic carbocycles. The number of urea groups is 1. The van der Waals surface area contributed by atoms with Crippen LogP contribution in [0.4, 0.5) is 10.5 Å². The highest BCUT2D eigenvalue weighted by atomic mass is 32.2. The molecule has 39 heavy (non-hydrogen) atoms. The molecule has 0 unspecified atom stereocenters. The van der Waals surface area contributed by atoms with Crippen LogP contribution in [0.5, 0.6) is 0 Å². The molecule has 2 heterocycles. The van der Waals surface area contributed by atoms with E-state index in [-0.39, 0.29) is 17.3 Å². The largest absolute Gasteiger partial charge is 0.331 e. The second kappa shape index (κ2) is 10.9. The topological polar surface area (TPSA) is 115 Å². The Labute approximate surface area is 230 Å². The van der Waals surface area contributed by atoms with Crippen molar-refractivity contribution >= 4 is 41.4 Å². The molecule has 4 amide bonds. The van der Waals surface area contributed by atoms with Gasteiger partial charge < -0.3 is 4.57 Å². The van der Waals surface area contributed by atoms with Gasteiger partial charge in [0.15, 0.2) is 0 Å². The molecule has 9 nitrogen and oxygen atoms in total. The smallest absolute Gasteiger partial charge is 0.318 e. The minimum absolute atomic E-state index is 0.0322. The summed E-state index contributed by atoms with van der Waals surface area (Å²) in [5.41, 5.74) is 3.46. The minimum Gasteiger partial charge on any atom is -0.318 e. The number of rotatable bonds is 6. The normalized spacial score (nSPS) is 17.5. The molecule has 2 aliphatic rings. The molecule has 1 N–H and O–H groups in total. The van der Waals surface area contributed by atoms with E-state index < -0.39 is 22.8 Å². The number of carbonyl (C=O) groups is 3. The van der Waals surface area contributed by atoms with Crippen LogP contribution < -0.4 is 5.32 Å². The van der Waals surface area contributed by atoms with Gasteiger partial charge in [-0.05, 0) is 80.8 Å². The lowest BCUT2D eigenvalue weighted by molar-refractivity contribution is -0.384. The van der Waals surface area contributed by atoms with E-state index in [0.717, 1.165) is 64.5 Å². The second-order valence-corrected chi connectivity index (χ2v) is 10.9. The third-order valence-corrected chi connectivity index (χ3v) is 8.24. The van der Waals surface area contributed by atoms with Crippen molar-refractivity contribution in [3.8, 4) is 5.69 Å². The first-order valence-electron chi connectivity index (χ1n) is 12.8. The number of nitrogens with zero attached hydrogens (tertiary/aromatic N) is 3. The lowest BCUT2D eigenvalue weighted by Crippen LogP contribution is -2.58. The van der Waals surface area contributed by atoms with Crippen molar-refractivity contribution in [2.24, 2.45) is 0 Å². The van der Waals surface area contributed by atoms with Crippen LogP contribution in [0.1, 0.15) is 49.1 Å². The summed E-state index contributed by atoms with van der Waals surface area (Å²) < 4.78 is 2.04. The van der Waals surface area contributed by atoms with Crippen molar-refractivity contribution in [3.05, 3.63) is 87.2 Å². The summed E-state index contributed by atoms with van der Waals surface area (Å²) in [6.45, 7) is 3.88. The average Bonchev–Trinajstić information content (AvgIpc) is 3.20. The number of non-ortho nitro benzene ring substituents is 1.